The quantitative estimate of drug-likeness (QED) is 0.0793. The van der Waals surface area contributed by atoms with Crippen LogP contribution in [0.3, 0.4) is 0 Å². The maximum absolute atomic E-state index is 5.97. The molecule has 10 nitrogen and oxygen atoms in total. The molecule has 2 aromatic heterocycles. The molecular weight excluding hydrogens is 631 g/mol. The number of aromatic nitrogens is 4. The molecule has 0 unspecified atom stereocenters. The minimum atomic E-state index is 0.398. The Morgan fingerprint density at radius 1 is 0.667 bits per heavy atom. The van der Waals surface area contributed by atoms with Gasteiger partial charge in [0.2, 0.25) is 11.9 Å². The van der Waals surface area contributed by atoms with E-state index in [0.29, 0.717) is 27.1 Å². The zero-order chi connectivity index (χ0) is 32.9. The van der Waals surface area contributed by atoms with Crippen LogP contribution in [0, 0.1) is 0 Å². The first-order valence-corrected chi connectivity index (χ1v) is 15.9. The molecule has 0 saturated carbocycles. The van der Waals surface area contributed by atoms with Gasteiger partial charge in [-0.15, -0.1) is 0 Å². The lowest BCUT2D eigenvalue weighted by atomic mass is 10.3. The molecule has 2 heterocycles. The summed E-state index contributed by atoms with van der Waals surface area (Å²) >= 11 is 17.5. The minimum Gasteiger partial charge on any atom is -0.370 e. The molecule has 4 aromatic rings. The van der Waals surface area contributed by atoms with E-state index in [1.165, 1.54) is 12.8 Å². The molecule has 13 heteroatoms. The van der Waals surface area contributed by atoms with Crippen LogP contribution in [0.25, 0.3) is 0 Å². The third kappa shape index (κ3) is 18.3. The van der Waals surface area contributed by atoms with E-state index in [0.717, 1.165) is 56.2 Å². The van der Waals surface area contributed by atoms with Crippen molar-refractivity contribution in [2.45, 2.75) is 25.7 Å². The van der Waals surface area contributed by atoms with Gasteiger partial charge < -0.3 is 31.5 Å². The summed E-state index contributed by atoms with van der Waals surface area (Å²) in [6.07, 6.45) is 7.98. The Morgan fingerprint density at radius 2 is 1.20 bits per heavy atom. The van der Waals surface area contributed by atoms with Crippen molar-refractivity contribution < 1.29 is 0 Å². The van der Waals surface area contributed by atoms with Crippen LogP contribution < -0.4 is 21.7 Å². The van der Waals surface area contributed by atoms with Gasteiger partial charge >= 0.3 is 0 Å². The van der Waals surface area contributed by atoms with Crippen molar-refractivity contribution >= 4 is 63.9 Å². The summed E-state index contributed by atoms with van der Waals surface area (Å²) < 4.78 is 0. The molecule has 5 N–H and O–H groups in total. The van der Waals surface area contributed by atoms with Gasteiger partial charge in [0.25, 0.3) is 0 Å². The smallest absolute Gasteiger partial charge is 0.229 e. The van der Waals surface area contributed by atoms with Crippen LogP contribution in [0.5, 0.6) is 0 Å². The van der Waals surface area contributed by atoms with Crippen LogP contribution in [0.2, 0.25) is 15.2 Å². The molecule has 2 aromatic carbocycles. The molecule has 0 fully saturated rings. The van der Waals surface area contributed by atoms with Gasteiger partial charge in [0.1, 0.15) is 11.0 Å². The molecular formula is C32H45Cl3N10. The van der Waals surface area contributed by atoms with E-state index >= 15 is 0 Å². The molecule has 0 saturated heterocycles. The van der Waals surface area contributed by atoms with E-state index in [9.17, 15) is 0 Å². The highest BCUT2D eigenvalue weighted by Gasteiger charge is 2.01. The lowest BCUT2D eigenvalue weighted by Crippen LogP contribution is -2.14. The highest BCUT2D eigenvalue weighted by atomic mass is 35.5. The number of nitrogens with one attached hydrogen (secondary N) is 3. The van der Waals surface area contributed by atoms with E-state index < -0.39 is 0 Å². The number of hydrogen-bond donors (Lipinski definition) is 4. The molecule has 0 aliphatic rings. The summed E-state index contributed by atoms with van der Waals surface area (Å²) in [7, 11) is 8.34. The van der Waals surface area contributed by atoms with Gasteiger partial charge in [0.05, 0.1) is 0 Å². The lowest BCUT2D eigenvalue weighted by Gasteiger charge is -2.10. The van der Waals surface area contributed by atoms with E-state index in [4.69, 9.17) is 40.5 Å². The SMILES string of the molecule is CN(C)CCCCN.CN(C)CCCCNc1ccnc(Nc2cccc(Cl)c2)n1.Clc1cccc(Nc2nccc(Cl)n2)c1. The third-order valence-electron chi connectivity index (χ3n) is 5.84. The summed E-state index contributed by atoms with van der Waals surface area (Å²) in [5.74, 6) is 1.83. The number of nitrogens with two attached hydrogens (primary N) is 1. The standard InChI is InChI=1S/C16H22ClN5.C10H7Cl2N3.C6H16N2/c1-22(2)11-4-3-9-18-15-8-10-19-16(21-15)20-14-7-5-6-13(17)12-14;11-7-2-1-3-8(6-7)14-10-13-5-4-9(12)15-10;1-8(2)6-4-3-5-7/h5-8,10,12H,3-4,9,11H2,1-2H3,(H2,18,19,20,21);1-6H,(H,13,14,15);3-7H2,1-2H3. The first-order valence-electron chi connectivity index (χ1n) is 14.7. The van der Waals surface area contributed by atoms with Gasteiger partial charge in [0, 0.05) is 40.4 Å². The highest BCUT2D eigenvalue weighted by Crippen LogP contribution is 2.19. The fourth-order valence-electron chi connectivity index (χ4n) is 3.65. The van der Waals surface area contributed by atoms with Crippen LogP contribution in [0.15, 0.2) is 73.1 Å². The van der Waals surface area contributed by atoms with Crippen LogP contribution in [-0.2, 0) is 0 Å². The van der Waals surface area contributed by atoms with Crippen molar-refractivity contribution in [1.29, 1.82) is 0 Å². The number of hydrogen-bond acceptors (Lipinski definition) is 10. The first kappa shape index (κ1) is 37.9. The molecule has 0 bridgehead atoms. The number of benzene rings is 2. The van der Waals surface area contributed by atoms with Crippen molar-refractivity contribution in [2.75, 3.05) is 70.3 Å². The van der Waals surface area contributed by atoms with Gasteiger partial charge in [-0.2, -0.15) is 4.98 Å². The van der Waals surface area contributed by atoms with Crippen LogP contribution in [-0.4, -0.2) is 84.1 Å². The van der Waals surface area contributed by atoms with Gasteiger partial charge in [-0.3, -0.25) is 0 Å². The Morgan fingerprint density at radius 3 is 1.71 bits per heavy atom. The number of rotatable bonds is 14. The van der Waals surface area contributed by atoms with Crippen LogP contribution >= 0.6 is 34.8 Å². The predicted octanol–water partition coefficient (Wildman–Crippen LogP) is 7.44. The molecule has 0 radical (unpaired) electrons. The summed E-state index contributed by atoms with van der Waals surface area (Å²) in [5, 5.41) is 11.2. The first-order chi connectivity index (χ1) is 21.6. The van der Waals surface area contributed by atoms with E-state index in [1.54, 1.807) is 30.6 Å². The second-order valence-electron chi connectivity index (χ2n) is 10.5. The summed E-state index contributed by atoms with van der Waals surface area (Å²) in [6, 6.07) is 18.3. The summed E-state index contributed by atoms with van der Waals surface area (Å²) in [4.78, 5) is 21.0. The summed E-state index contributed by atoms with van der Waals surface area (Å²) in [6.45, 7) is 4.00. The Bertz CT molecular complexity index is 1330. The predicted molar refractivity (Wildman–Crippen MR) is 192 cm³/mol. The van der Waals surface area contributed by atoms with Crippen molar-refractivity contribution in [3.63, 3.8) is 0 Å². The molecule has 4 rings (SSSR count). The number of nitrogens with zero attached hydrogens (tertiary/aromatic N) is 6. The number of anilines is 5. The maximum atomic E-state index is 5.97. The average molecular weight is 676 g/mol. The fourth-order valence-corrected chi connectivity index (χ4v) is 4.16. The Labute approximate surface area is 282 Å². The van der Waals surface area contributed by atoms with E-state index in [1.807, 2.05) is 42.5 Å². The molecule has 0 aliphatic carbocycles. The van der Waals surface area contributed by atoms with Crippen LogP contribution in [0.4, 0.5) is 29.1 Å². The Hall–Kier alpha value is -3.25. The number of unbranched alkanes of at least 4 members (excludes halogenated alkanes) is 2. The number of halogens is 3. The zero-order valence-corrected chi connectivity index (χ0v) is 28.7. The van der Waals surface area contributed by atoms with Crippen molar-refractivity contribution in [1.82, 2.24) is 29.7 Å². The van der Waals surface area contributed by atoms with E-state index in [2.05, 4.69) is 73.9 Å². The minimum absolute atomic E-state index is 0.398. The van der Waals surface area contributed by atoms with Gasteiger partial charge in [0.15, 0.2) is 0 Å². The largest absolute Gasteiger partial charge is 0.370 e. The maximum Gasteiger partial charge on any atom is 0.229 e. The molecule has 0 spiro atoms. The van der Waals surface area contributed by atoms with Crippen LogP contribution in [0.1, 0.15) is 25.7 Å². The Balaban J connectivity index is 0.000000264. The van der Waals surface area contributed by atoms with Gasteiger partial charge in [-0.05, 0) is 122 Å². The average Bonchev–Trinajstić information content (AvgIpc) is 2.98. The second-order valence-corrected chi connectivity index (χ2v) is 11.7. The molecule has 244 valence electrons. The van der Waals surface area contributed by atoms with E-state index in [-0.39, 0.29) is 0 Å². The molecule has 0 amide bonds. The monoisotopic (exact) mass is 674 g/mol. The van der Waals surface area contributed by atoms with Gasteiger partial charge in [-0.25, -0.2) is 15.0 Å². The Kier molecular flexibility index (Phi) is 18.8. The molecule has 0 aliphatic heterocycles. The normalized spacial score (nSPS) is 10.4. The van der Waals surface area contributed by atoms with Crippen molar-refractivity contribution in [2.24, 2.45) is 5.73 Å². The molecule has 0 atom stereocenters. The molecule has 45 heavy (non-hydrogen) atoms. The lowest BCUT2D eigenvalue weighted by molar-refractivity contribution is 0.396. The second kappa shape index (κ2) is 22.3. The van der Waals surface area contributed by atoms with Crippen molar-refractivity contribution in [3.8, 4) is 0 Å². The van der Waals surface area contributed by atoms with Gasteiger partial charge in [-0.1, -0.05) is 46.9 Å². The highest BCUT2D eigenvalue weighted by molar-refractivity contribution is 6.31. The summed E-state index contributed by atoms with van der Waals surface area (Å²) in [5.41, 5.74) is 6.99. The topological polar surface area (TPSA) is 120 Å². The fraction of sp³-hybridized carbons (Fsp3) is 0.375. The third-order valence-corrected chi connectivity index (χ3v) is 6.52. The zero-order valence-electron chi connectivity index (χ0n) is 26.5. The van der Waals surface area contributed by atoms with Crippen molar-refractivity contribution in [3.05, 3.63) is 88.3 Å².